The van der Waals surface area contributed by atoms with Gasteiger partial charge >= 0.3 is 0 Å². The molecule has 0 aliphatic rings. The summed E-state index contributed by atoms with van der Waals surface area (Å²) in [5, 5.41) is 0. The molecule has 0 saturated carbocycles. The summed E-state index contributed by atoms with van der Waals surface area (Å²) in [6, 6.07) is 45.8. The summed E-state index contributed by atoms with van der Waals surface area (Å²) in [6.45, 7) is 2.10. The minimum Gasteiger partial charge on any atom is -0.496 e. The number of hydrogen-bond donors (Lipinski definition) is 1. The molecule has 1 aromatic heterocycles. The molecule has 194 valence electrons. The molecule has 6 aromatic rings. The quantitative estimate of drug-likeness (QED) is 0.224. The Morgan fingerprint density at radius 2 is 1.12 bits per heavy atom. The van der Waals surface area contributed by atoms with Gasteiger partial charge in [-0.1, -0.05) is 115 Å². The zero-order chi connectivity index (χ0) is 27.5. The monoisotopic (exact) mass is 518 g/mol. The first-order chi connectivity index (χ1) is 19.6. The van der Waals surface area contributed by atoms with Crippen LogP contribution >= 0.6 is 0 Å². The number of anilines is 1. The van der Waals surface area contributed by atoms with Crippen molar-refractivity contribution in [2.75, 3.05) is 12.8 Å². The lowest BCUT2D eigenvalue weighted by atomic mass is 9.88. The molecule has 2 N–H and O–H groups in total. The van der Waals surface area contributed by atoms with Crippen LogP contribution in [0.3, 0.4) is 0 Å². The van der Waals surface area contributed by atoms with Crippen molar-refractivity contribution in [3.63, 3.8) is 0 Å². The summed E-state index contributed by atoms with van der Waals surface area (Å²) in [5.41, 5.74) is 19.1. The summed E-state index contributed by atoms with van der Waals surface area (Å²) in [5.74, 6) is 0.777. The van der Waals surface area contributed by atoms with E-state index in [0.717, 1.165) is 67.3 Å². The summed E-state index contributed by atoms with van der Waals surface area (Å²) in [6.07, 6.45) is 0. The van der Waals surface area contributed by atoms with Crippen LogP contribution in [0.2, 0.25) is 0 Å². The minimum atomic E-state index is 0.737. The maximum Gasteiger partial charge on any atom is 0.128 e. The highest BCUT2D eigenvalue weighted by molar-refractivity contribution is 5.98. The van der Waals surface area contributed by atoms with Crippen LogP contribution in [0.4, 0.5) is 5.69 Å². The molecule has 0 bridgehead atoms. The van der Waals surface area contributed by atoms with E-state index in [2.05, 4.69) is 91.9 Å². The second-order valence-corrected chi connectivity index (χ2v) is 9.87. The second kappa shape index (κ2) is 10.9. The zero-order valence-corrected chi connectivity index (χ0v) is 22.6. The van der Waals surface area contributed by atoms with E-state index in [1.165, 1.54) is 5.56 Å². The number of benzene rings is 5. The Morgan fingerprint density at radius 1 is 0.525 bits per heavy atom. The third-order valence-electron chi connectivity index (χ3n) is 7.26. The molecular formula is C37H30N2O. The average molecular weight is 519 g/mol. The smallest absolute Gasteiger partial charge is 0.128 e. The van der Waals surface area contributed by atoms with Crippen molar-refractivity contribution in [2.45, 2.75) is 6.92 Å². The maximum atomic E-state index is 7.11. The van der Waals surface area contributed by atoms with Crippen molar-refractivity contribution in [2.24, 2.45) is 0 Å². The predicted molar refractivity (Wildman–Crippen MR) is 167 cm³/mol. The fourth-order valence-electron chi connectivity index (χ4n) is 5.20. The Balaban J connectivity index is 1.61. The maximum absolute atomic E-state index is 7.11. The van der Waals surface area contributed by atoms with Crippen LogP contribution in [-0.4, -0.2) is 12.1 Å². The van der Waals surface area contributed by atoms with Crippen LogP contribution in [-0.2, 0) is 0 Å². The number of nitrogens with zero attached hydrogens (tertiary/aromatic N) is 1. The first-order valence-electron chi connectivity index (χ1n) is 13.4. The van der Waals surface area contributed by atoms with Crippen LogP contribution in [0.25, 0.3) is 55.9 Å². The number of para-hydroxylation sites is 1. The van der Waals surface area contributed by atoms with Gasteiger partial charge in [-0.3, -0.25) is 0 Å². The molecule has 0 unspecified atom stereocenters. The van der Waals surface area contributed by atoms with Gasteiger partial charge in [-0.15, -0.1) is 0 Å². The Hall–Kier alpha value is -5.15. The molecule has 0 atom stereocenters. The average Bonchev–Trinajstić information content (AvgIpc) is 3.02. The molecule has 0 aliphatic carbocycles. The Morgan fingerprint density at radius 3 is 1.82 bits per heavy atom. The Labute approximate surface area is 235 Å². The largest absolute Gasteiger partial charge is 0.496 e. The highest BCUT2D eigenvalue weighted by Crippen LogP contribution is 2.43. The van der Waals surface area contributed by atoms with Gasteiger partial charge in [0.15, 0.2) is 0 Å². The lowest BCUT2D eigenvalue weighted by molar-refractivity contribution is 0.416. The molecular weight excluding hydrogens is 488 g/mol. The molecule has 40 heavy (non-hydrogen) atoms. The molecule has 3 nitrogen and oxygen atoms in total. The Bertz CT molecular complexity index is 1780. The summed E-state index contributed by atoms with van der Waals surface area (Å²) in [4.78, 5) is 5.07. The highest BCUT2D eigenvalue weighted by Gasteiger charge is 2.18. The van der Waals surface area contributed by atoms with Crippen molar-refractivity contribution >= 4 is 5.69 Å². The van der Waals surface area contributed by atoms with Crippen molar-refractivity contribution < 1.29 is 4.74 Å². The zero-order valence-electron chi connectivity index (χ0n) is 22.6. The molecule has 0 fully saturated rings. The van der Waals surface area contributed by atoms with Gasteiger partial charge in [-0.25, -0.2) is 4.98 Å². The number of aryl methyl sites for hydroxylation is 1. The van der Waals surface area contributed by atoms with E-state index in [1.807, 2.05) is 48.5 Å². The summed E-state index contributed by atoms with van der Waals surface area (Å²) >= 11 is 0. The van der Waals surface area contributed by atoms with Gasteiger partial charge in [0, 0.05) is 27.9 Å². The van der Waals surface area contributed by atoms with Gasteiger partial charge in [-0.2, -0.15) is 0 Å². The molecule has 0 aliphatic heterocycles. The number of rotatable bonds is 6. The van der Waals surface area contributed by atoms with Crippen LogP contribution in [0, 0.1) is 6.92 Å². The molecule has 1 heterocycles. The topological polar surface area (TPSA) is 48.1 Å². The number of ether oxygens (including phenoxy) is 1. The highest BCUT2D eigenvalue weighted by atomic mass is 16.5. The number of pyridine rings is 1. The van der Waals surface area contributed by atoms with Crippen LogP contribution in [0.5, 0.6) is 5.75 Å². The van der Waals surface area contributed by atoms with E-state index < -0.39 is 0 Å². The van der Waals surface area contributed by atoms with Crippen molar-refractivity contribution in [3.8, 4) is 61.6 Å². The van der Waals surface area contributed by atoms with Gasteiger partial charge in [-0.05, 0) is 53.4 Å². The fourth-order valence-corrected chi connectivity index (χ4v) is 5.20. The third kappa shape index (κ3) is 4.85. The van der Waals surface area contributed by atoms with E-state index in [4.69, 9.17) is 15.5 Å². The van der Waals surface area contributed by atoms with Gasteiger partial charge in [0.05, 0.1) is 18.5 Å². The number of hydrogen-bond acceptors (Lipinski definition) is 3. The lowest BCUT2D eigenvalue weighted by Gasteiger charge is -2.19. The van der Waals surface area contributed by atoms with E-state index >= 15 is 0 Å². The molecule has 5 aromatic carbocycles. The van der Waals surface area contributed by atoms with E-state index in [-0.39, 0.29) is 0 Å². The number of aromatic nitrogens is 1. The van der Waals surface area contributed by atoms with Crippen molar-refractivity contribution in [1.29, 1.82) is 0 Å². The number of methoxy groups -OCH3 is 1. The molecule has 0 saturated heterocycles. The van der Waals surface area contributed by atoms with E-state index in [9.17, 15) is 0 Å². The molecule has 0 spiro atoms. The fraction of sp³-hybridized carbons (Fsp3) is 0.0541. The van der Waals surface area contributed by atoms with Gasteiger partial charge in [0.1, 0.15) is 5.75 Å². The SMILES string of the molecule is COc1ccccc1-c1cc(-c2ccc(-c3ccccc3)c(-c3ccc(C)cc3)c2N)cc(-c2ccccc2)n1. The standard InChI is InChI=1S/C37H30N2O/c1-25-17-19-28(20-18-25)36-30(26-11-5-3-6-12-26)21-22-31(37(36)38)29-23-33(27-13-7-4-8-14-27)39-34(24-29)32-15-9-10-16-35(32)40-2/h3-24H,38H2,1-2H3. The summed E-state index contributed by atoms with van der Waals surface area (Å²) < 4.78 is 5.70. The second-order valence-electron chi connectivity index (χ2n) is 9.87. The third-order valence-corrected chi connectivity index (χ3v) is 7.26. The minimum absolute atomic E-state index is 0.737. The lowest BCUT2D eigenvalue weighted by Crippen LogP contribution is -1.99. The van der Waals surface area contributed by atoms with Gasteiger partial charge in [0.2, 0.25) is 0 Å². The molecule has 0 radical (unpaired) electrons. The van der Waals surface area contributed by atoms with Gasteiger partial charge in [0.25, 0.3) is 0 Å². The summed E-state index contributed by atoms with van der Waals surface area (Å²) in [7, 11) is 1.69. The predicted octanol–water partition coefficient (Wildman–Crippen LogP) is 9.32. The molecule has 3 heteroatoms. The molecule has 6 rings (SSSR count). The van der Waals surface area contributed by atoms with Crippen LogP contribution in [0.15, 0.2) is 133 Å². The Kier molecular flexibility index (Phi) is 6.86. The van der Waals surface area contributed by atoms with Gasteiger partial charge < -0.3 is 10.5 Å². The number of nitrogens with two attached hydrogens (primary N) is 1. The van der Waals surface area contributed by atoms with Crippen LogP contribution in [0.1, 0.15) is 5.56 Å². The van der Waals surface area contributed by atoms with E-state index in [0.29, 0.717) is 0 Å². The normalized spacial score (nSPS) is 10.8. The molecule has 0 amide bonds. The first kappa shape index (κ1) is 25.1. The first-order valence-corrected chi connectivity index (χ1v) is 13.4. The van der Waals surface area contributed by atoms with Crippen molar-refractivity contribution in [3.05, 3.63) is 139 Å². The van der Waals surface area contributed by atoms with Crippen LogP contribution < -0.4 is 10.5 Å². The number of nitrogen functional groups attached to an aromatic ring is 1. The van der Waals surface area contributed by atoms with E-state index in [1.54, 1.807) is 7.11 Å². The van der Waals surface area contributed by atoms with Crippen molar-refractivity contribution in [1.82, 2.24) is 4.98 Å².